The number of anilines is 1. The first kappa shape index (κ1) is 23.6. The minimum atomic E-state index is -0.464. The summed E-state index contributed by atoms with van der Waals surface area (Å²) in [6.07, 6.45) is 8.46. The summed E-state index contributed by atoms with van der Waals surface area (Å²) in [5.74, 6) is -0.539. The van der Waals surface area contributed by atoms with Crippen LogP contribution in [0.1, 0.15) is 84.4 Å². The number of thiophene rings is 1. The van der Waals surface area contributed by atoms with Crippen molar-refractivity contribution in [3.05, 3.63) is 16.0 Å². The number of thiocarbonyl (C=S) groups is 1. The molecule has 1 saturated carbocycles. The molecule has 1 aromatic heterocycles. The van der Waals surface area contributed by atoms with Crippen LogP contribution in [0, 0.1) is 6.92 Å². The third-order valence-corrected chi connectivity index (χ3v) is 6.86. The Morgan fingerprint density at radius 2 is 1.72 bits per heavy atom. The first-order chi connectivity index (χ1) is 13.9. The van der Waals surface area contributed by atoms with Gasteiger partial charge in [0.05, 0.1) is 17.6 Å². The van der Waals surface area contributed by atoms with Crippen molar-refractivity contribution >= 4 is 45.5 Å². The van der Waals surface area contributed by atoms with Gasteiger partial charge in [0.15, 0.2) is 5.11 Å². The average Bonchev–Trinajstić information content (AvgIpc) is 2.99. The molecule has 0 radical (unpaired) electrons. The van der Waals surface area contributed by atoms with Crippen molar-refractivity contribution in [1.82, 2.24) is 10.2 Å². The van der Waals surface area contributed by atoms with Crippen molar-refractivity contribution in [2.24, 2.45) is 0 Å². The molecule has 2 N–H and O–H groups in total. The zero-order chi connectivity index (χ0) is 21.4. The summed E-state index contributed by atoms with van der Waals surface area (Å²) in [6, 6.07) is 0.342. The highest BCUT2D eigenvalue weighted by Crippen LogP contribution is 2.34. The van der Waals surface area contributed by atoms with E-state index in [-0.39, 0.29) is 5.91 Å². The maximum Gasteiger partial charge on any atom is 0.341 e. The van der Waals surface area contributed by atoms with Gasteiger partial charge in [0.25, 0.3) is 5.91 Å². The Bertz CT molecular complexity index is 721. The molecule has 2 rings (SSSR count). The highest BCUT2D eigenvalue weighted by molar-refractivity contribution is 7.80. The molecule has 0 aromatic carbocycles. The molecular weight excluding hydrogens is 406 g/mol. The topological polar surface area (TPSA) is 70.7 Å². The van der Waals surface area contributed by atoms with Crippen LogP contribution in [0.15, 0.2) is 0 Å². The number of esters is 1. The van der Waals surface area contributed by atoms with Gasteiger partial charge in [0, 0.05) is 19.1 Å². The van der Waals surface area contributed by atoms with Gasteiger partial charge in [-0.1, -0.05) is 32.1 Å². The first-order valence-corrected chi connectivity index (χ1v) is 11.7. The van der Waals surface area contributed by atoms with E-state index in [1.165, 1.54) is 50.6 Å². The van der Waals surface area contributed by atoms with Crippen molar-refractivity contribution in [2.75, 3.05) is 25.5 Å². The zero-order valence-electron chi connectivity index (χ0n) is 17.9. The van der Waals surface area contributed by atoms with Crippen LogP contribution < -0.4 is 10.6 Å². The fourth-order valence-corrected chi connectivity index (χ4v) is 5.23. The molecule has 0 saturated heterocycles. The Hall–Kier alpha value is -1.67. The molecule has 162 valence electrons. The van der Waals surface area contributed by atoms with E-state index in [0.29, 0.717) is 45.2 Å². The summed E-state index contributed by atoms with van der Waals surface area (Å²) in [4.78, 5) is 27.6. The van der Waals surface area contributed by atoms with Crippen molar-refractivity contribution < 1.29 is 14.3 Å². The van der Waals surface area contributed by atoms with Gasteiger partial charge in [-0.25, -0.2) is 4.79 Å². The van der Waals surface area contributed by atoms with Crippen LogP contribution in [-0.4, -0.2) is 48.1 Å². The Kier molecular flexibility index (Phi) is 9.36. The van der Waals surface area contributed by atoms with Crippen LogP contribution in [0.3, 0.4) is 0 Å². The fraction of sp³-hybridized carbons (Fsp3) is 0.667. The lowest BCUT2D eigenvalue weighted by Crippen LogP contribution is -2.38. The van der Waals surface area contributed by atoms with Gasteiger partial charge < -0.3 is 20.3 Å². The molecule has 1 heterocycles. The number of carbonyl (C=O) groups is 2. The van der Waals surface area contributed by atoms with E-state index < -0.39 is 5.97 Å². The Morgan fingerprint density at radius 1 is 1.14 bits per heavy atom. The summed E-state index contributed by atoms with van der Waals surface area (Å²) >= 11 is 6.79. The molecule has 8 heteroatoms. The molecule has 0 aliphatic heterocycles. The largest absolute Gasteiger partial charge is 0.465 e. The first-order valence-electron chi connectivity index (χ1n) is 10.5. The van der Waals surface area contributed by atoms with E-state index in [9.17, 15) is 9.59 Å². The number of carbonyl (C=O) groups excluding carboxylic acids is 2. The van der Waals surface area contributed by atoms with Gasteiger partial charge in [-0.15, -0.1) is 11.3 Å². The molecule has 0 spiro atoms. The second-order valence-corrected chi connectivity index (χ2v) is 8.80. The van der Waals surface area contributed by atoms with E-state index in [2.05, 4.69) is 10.6 Å². The maximum atomic E-state index is 12.9. The lowest BCUT2D eigenvalue weighted by molar-refractivity contribution is 0.0601. The summed E-state index contributed by atoms with van der Waals surface area (Å²) in [7, 11) is 1.35. The normalized spacial score (nSPS) is 15.2. The molecule has 1 aliphatic carbocycles. The smallest absolute Gasteiger partial charge is 0.341 e. The molecule has 1 aromatic rings. The summed E-state index contributed by atoms with van der Waals surface area (Å²) < 4.78 is 4.97. The monoisotopic (exact) mass is 439 g/mol. The predicted molar refractivity (Wildman–Crippen MR) is 123 cm³/mol. The number of hydrogen-bond donors (Lipinski definition) is 2. The Morgan fingerprint density at radius 3 is 2.28 bits per heavy atom. The summed E-state index contributed by atoms with van der Waals surface area (Å²) in [5.41, 5.74) is 1.02. The summed E-state index contributed by atoms with van der Waals surface area (Å²) in [6.45, 7) is 6.91. The highest BCUT2D eigenvalue weighted by Gasteiger charge is 2.27. The van der Waals surface area contributed by atoms with E-state index in [1.807, 2.05) is 13.8 Å². The van der Waals surface area contributed by atoms with Crippen molar-refractivity contribution in [2.45, 2.75) is 71.8 Å². The van der Waals surface area contributed by atoms with Gasteiger partial charge >= 0.3 is 5.97 Å². The van der Waals surface area contributed by atoms with Gasteiger partial charge in [-0.2, -0.15) is 0 Å². The van der Waals surface area contributed by atoms with Gasteiger partial charge in [-0.05, 0) is 51.4 Å². The van der Waals surface area contributed by atoms with Crippen LogP contribution in [0.2, 0.25) is 0 Å². The number of nitrogens with zero attached hydrogens (tertiary/aromatic N) is 1. The Balaban J connectivity index is 2.21. The molecule has 6 nitrogen and oxygen atoms in total. The minimum Gasteiger partial charge on any atom is -0.465 e. The lowest BCUT2D eigenvalue weighted by Gasteiger charge is -2.22. The predicted octanol–water partition coefficient (Wildman–Crippen LogP) is 4.72. The van der Waals surface area contributed by atoms with E-state index in [0.717, 1.165) is 12.8 Å². The second kappa shape index (κ2) is 11.5. The van der Waals surface area contributed by atoms with Crippen molar-refractivity contribution in [1.29, 1.82) is 0 Å². The van der Waals surface area contributed by atoms with Crippen molar-refractivity contribution in [3.8, 4) is 0 Å². The standard InChI is InChI=1S/C21H33N3O3S2/c1-5-24(6-2)19(25)17-14(3)16(20(26)27-4)18(29-17)23-21(28)22-15-12-10-8-7-9-11-13-15/h15H,5-13H2,1-4H3,(H2,22,23,28). The van der Waals surface area contributed by atoms with Gasteiger partial charge in [0.2, 0.25) is 0 Å². The minimum absolute atomic E-state index is 0.0744. The van der Waals surface area contributed by atoms with E-state index in [4.69, 9.17) is 17.0 Å². The Labute approximate surface area is 183 Å². The van der Waals surface area contributed by atoms with Crippen LogP contribution >= 0.6 is 23.6 Å². The zero-order valence-corrected chi connectivity index (χ0v) is 19.6. The van der Waals surface area contributed by atoms with Gasteiger partial charge in [-0.3, -0.25) is 4.79 Å². The molecule has 1 aliphatic rings. The molecular formula is C21H33N3O3S2. The van der Waals surface area contributed by atoms with Gasteiger partial charge in [0.1, 0.15) is 5.00 Å². The van der Waals surface area contributed by atoms with Crippen LogP contribution in [-0.2, 0) is 4.74 Å². The number of rotatable bonds is 6. The maximum absolute atomic E-state index is 12.9. The molecule has 0 unspecified atom stereocenters. The van der Waals surface area contributed by atoms with Crippen LogP contribution in [0.25, 0.3) is 0 Å². The molecule has 0 bridgehead atoms. The molecule has 1 fully saturated rings. The summed E-state index contributed by atoms with van der Waals surface area (Å²) in [5, 5.41) is 7.62. The number of nitrogens with one attached hydrogen (secondary N) is 2. The van der Waals surface area contributed by atoms with Crippen molar-refractivity contribution in [3.63, 3.8) is 0 Å². The SMILES string of the molecule is CCN(CC)C(=O)c1sc(NC(=S)NC2CCCCCCC2)c(C(=O)OC)c1C. The number of hydrogen-bond acceptors (Lipinski definition) is 5. The third kappa shape index (κ3) is 6.15. The number of ether oxygens (including phenoxy) is 1. The highest BCUT2D eigenvalue weighted by atomic mass is 32.1. The lowest BCUT2D eigenvalue weighted by atomic mass is 9.97. The van der Waals surface area contributed by atoms with Crippen LogP contribution in [0.4, 0.5) is 5.00 Å². The average molecular weight is 440 g/mol. The number of amides is 1. The second-order valence-electron chi connectivity index (χ2n) is 7.37. The molecule has 1 amide bonds. The molecule has 29 heavy (non-hydrogen) atoms. The van der Waals surface area contributed by atoms with E-state index >= 15 is 0 Å². The third-order valence-electron chi connectivity index (χ3n) is 5.45. The number of methoxy groups -OCH3 is 1. The van der Waals surface area contributed by atoms with Crippen LogP contribution in [0.5, 0.6) is 0 Å². The quantitative estimate of drug-likeness (QED) is 0.493. The van der Waals surface area contributed by atoms with E-state index in [1.54, 1.807) is 11.8 Å². The fourth-order valence-electron chi connectivity index (χ4n) is 3.73. The molecule has 0 atom stereocenters.